The molecule has 0 aliphatic heterocycles. The summed E-state index contributed by atoms with van der Waals surface area (Å²) in [5, 5.41) is 2.82. The number of nitrogens with one attached hydrogen (secondary N) is 1. The predicted octanol–water partition coefficient (Wildman–Crippen LogP) is 2.24. The van der Waals surface area contributed by atoms with Gasteiger partial charge >= 0.3 is 0 Å². The van der Waals surface area contributed by atoms with Gasteiger partial charge in [0.05, 0.1) is 6.26 Å². The van der Waals surface area contributed by atoms with Crippen molar-refractivity contribution in [2.75, 3.05) is 13.3 Å². The van der Waals surface area contributed by atoms with Crippen LogP contribution in [-0.4, -0.2) is 31.9 Å². The Balaban J connectivity index is 2.20. The van der Waals surface area contributed by atoms with Gasteiger partial charge < -0.3 is 5.32 Å². The fourth-order valence-corrected chi connectivity index (χ4v) is 2.95. The highest BCUT2D eigenvalue weighted by molar-refractivity contribution is 7.88. The topological polar surface area (TPSA) is 66.5 Å². The van der Waals surface area contributed by atoms with Crippen molar-refractivity contribution < 1.29 is 13.2 Å². The lowest BCUT2D eigenvalue weighted by Gasteiger charge is -2.25. The Kier molecular flexibility index (Phi) is 5.75. The number of benzene rings is 2. The number of amides is 1. The van der Waals surface area contributed by atoms with E-state index in [4.69, 9.17) is 0 Å². The minimum Gasteiger partial charge on any atom is -0.350 e. The van der Waals surface area contributed by atoms with E-state index < -0.39 is 16.1 Å². The van der Waals surface area contributed by atoms with E-state index in [1.165, 1.54) is 7.05 Å². The second-order valence-electron chi connectivity index (χ2n) is 5.80. The lowest BCUT2D eigenvalue weighted by atomic mass is 10.1. The first-order valence-corrected chi connectivity index (χ1v) is 9.45. The molecule has 0 radical (unpaired) electrons. The Morgan fingerprint density at radius 1 is 1.08 bits per heavy atom. The third-order valence-electron chi connectivity index (χ3n) is 3.84. The zero-order valence-electron chi connectivity index (χ0n) is 14.1. The molecule has 2 rings (SSSR count). The van der Waals surface area contributed by atoms with Gasteiger partial charge in [-0.05, 0) is 18.1 Å². The minimum atomic E-state index is -3.51. The van der Waals surface area contributed by atoms with E-state index in [1.807, 2.05) is 37.3 Å². The summed E-state index contributed by atoms with van der Waals surface area (Å²) in [5.41, 5.74) is 2.73. The Morgan fingerprint density at radius 3 is 2.21 bits per heavy atom. The predicted molar refractivity (Wildman–Crippen MR) is 94.8 cm³/mol. The van der Waals surface area contributed by atoms with E-state index >= 15 is 0 Å². The van der Waals surface area contributed by atoms with E-state index in [0.29, 0.717) is 12.1 Å². The van der Waals surface area contributed by atoms with Gasteiger partial charge in [0.1, 0.15) is 6.04 Å². The van der Waals surface area contributed by atoms with Crippen LogP contribution in [0.5, 0.6) is 0 Å². The van der Waals surface area contributed by atoms with Crippen LogP contribution in [0.3, 0.4) is 0 Å². The van der Waals surface area contributed by atoms with Gasteiger partial charge in [-0.3, -0.25) is 4.79 Å². The van der Waals surface area contributed by atoms with E-state index in [9.17, 15) is 13.2 Å². The zero-order valence-corrected chi connectivity index (χ0v) is 14.9. The summed E-state index contributed by atoms with van der Waals surface area (Å²) in [7, 11) is -2.10. The van der Waals surface area contributed by atoms with Crippen LogP contribution < -0.4 is 5.32 Å². The first-order chi connectivity index (χ1) is 11.3. The molecule has 0 heterocycles. The highest BCUT2D eigenvalue weighted by Crippen LogP contribution is 2.22. The Morgan fingerprint density at radius 2 is 1.67 bits per heavy atom. The van der Waals surface area contributed by atoms with Gasteiger partial charge in [0.15, 0.2) is 0 Å². The Labute approximate surface area is 143 Å². The van der Waals surface area contributed by atoms with Crippen molar-refractivity contribution in [2.45, 2.75) is 19.5 Å². The summed E-state index contributed by atoms with van der Waals surface area (Å²) in [6, 6.07) is 15.8. The van der Waals surface area contributed by atoms with Crippen LogP contribution in [0.1, 0.15) is 22.7 Å². The van der Waals surface area contributed by atoms with Gasteiger partial charge in [-0.2, -0.15) is 4.31 Å². The third-order valence-corrected chi connectivity index (χ3v) is 5.09. The van der Waals surface area contributed by atoms with E-state index in [0.717, 1.165) is 21.7 Å². The average molecular weight is 346 g/mol. The average Bonchev–Trinajstić information content (AvgIpc) is 2.54. The van der Waals surface area contributed by atoms with Crippen molar-refractivity contribution in [3.05, 3.63) is 71.3 Å². The molecule has 5 nitrogen and oxygen atoms in total. The number of carbonyl (C=O) groups is 1. The van der Waals surface area contributed by atoms with Crippen LogP contribution in [0.25, 0.3) is 0 Å². The monoisotopic (exact) mass is 346 g/mol. The lowest BCUT2D eigenvalue weighted by molar-refractivity contribution is -0.124. The summed E-state index contributed by atoms with van der Waals surface area (Å²) >= 11 is 0. The maximum absolute atomic E-state index is 12.7. The van der Waals surface area contributed by atoms with Crippen LogP contribution in [-0.2, 0) is 21.4 Å². The standard InChI is InChI=1S/C18H22N2O3S/c1-14-9-11-15(12-10-14)13-19-18(21)17(20(2)24(3,22)23)16-7-5-4-6-8-16/h4-12,17H,13H2,1-3H3,(H,19,21). The van der Waals surface area contributed by atoms with E-state index in [1.54, 1.807) is 24.3 Å². The molecule has 0 saturated carbocycles. The van der Waals surface area contributed by atoms with Crippen LogP contribution >= 0.6 is 0 Å². The van der Waals surface area contributed by atoms with Crippen molar-refractivity contribution >= 4 is 15.9 Å². The number of hydrogen-bond acceptors (Lipinski definition) is 3. The first-order valence-electron chi connectivity index (χ1n) is 7.60. The Hall–Kier alpha value is -2.18. The summed E-state index contributed by atoms with van der Waals surface area (Å²) in [5.74, 6) is -0.352. The summed E-state index contributed by atoms with van der Waals surface area (Å²) < 4.78 is 24.9. The molecule has 0 fully saturated rings. The molecule has 2 aromatic carbocycles. The van der Waals surface area contributed by atoms with E-state index in [-0.39, 0.29) is 5.91 Å². The fraction of sp³-hybridized carbons (Fsp3) is 0.278. The molecule has 2 aromatic rings. The summed E-state index contributed by atoms with van der Waals surface area (Å²) in [6.07, 6.45) is 1.09. The van der Waals surface area contributed by atoms with Crippen molar-refractivity contribution in [2.24, 2.45) is 0 Å². The smallest absolute Gasteiger partial charge is 0.243 e. The van der Waals surface area contributed by atoms with Gasteiger partial charge in [-0.1, -0.05) is 60.2 Å². The highest BCUT2D eigenvalue weighted by Gasteiger charge is 2.30. The largest absolute Gasteiger partial charge is 0.350 e. The van der Waals surface area contributed by atoms with Crippen molar-refractivity contribution in [3.63, 3.8) is 0 Å². The maximum Gasteiger partial charge on any atom is 0.243 e. The third kappa shape index (κ3) is 4.66. The molecule has 6 heteroatoms. The van der Waals surface area contributed by atoms with Gasteiger partial charge in [-0.15, -0.1) is 0 Å². The summed E-state index contributed by atoms with van der Waals surface area (Å²) in [6.45, 7) is 2.34. The number of aryl methyl sites for hydroxylation is 1. The molecule has 1 unspecified atom stereocenters. The SMILES string of the molecule is Cc1ccc(CNC(=O)C(c2ccccc2)N(C)S(C)(=O)=O)cc1. The van der Waals surface area contributed by atoms with Crippen LogP contribution in [0.2, 0.25) is 0 Å². The zero-order chi connectivity index (χ0) is 17.7. The van der Waals surface area contributed by atoms with Crippen LogP contribution in [0, 0.1) is 6.92 Å². The molecule has 1 atom stereocenters. The number of hydrogen-bond donors (Lipinski definition) is 1. The number of sulfonamides is 1. The lowest BCUT2D eigenvalue weighted by Crippen LogP contribution is -2.41. The highest BCUT2D eigenvalue weighted by atomic mass is 32.2. The summed E-state index contributed by atoms with van der Waals surface area (Å²) in [4.78, 5) is 12.7. The molecular weight excluding hydrogens is 324 g/mol. The molecule has 24 heavy (non-hydrogen) atoms. The van der Waals surface area contributed by atoms with Gasteiger partial charge in [-0.25, -0.2) is 8.42 Å². The van der Waals surface area contributed by atoms with Gasteiger partial charge in [0.2, 0.25) is 15.9 Å². The van der Waals surface area contributed by atoms with Gasteiger partial charge in [0, 0.05) is 13.6 Å². The Bertz CT molecular complexity index is 787. The molecule has 0 aliphatic carbocycles. The molecule has 0 aromatic heterocycles. The first kappa shape index (κ1) is 18.2. The molecule has 1 N–H and O–H groups in total. The van der Waals surface area contributed by atoms with Crippen molar-refractivity contribution in [3.8, 4) is 0 Å². The second kappa shape index (κ2) is 7.59. The quantitative estimate of drug-likeness (QED) is 0.872. The molecule has 0 aliphatic rings. The molecule has 0 bridgehead atoms. The normalized spacial score (nSPS) is 12.8. The number of likely N-dealkylation sites (N-methyl/N-ethyl adjacent to an activating group) is 1. The number of rotatable bonds is 6. The maximum atomic E-state index is 12.7. The molecule has 128 valence electrons. The van der Waals surface area contributed by atoms with E-state index in [2.05, 4.69) is 5.32 Å². The van der Waals surface area contributed by atoms with Crippen LogP contribution in [0.4, 0.5) is 0 Å². The van der Waals surface area contributed by atoms with Crippen molar-refractivity contribution in [1.82, 2.24) is 9.62 Å². The fourth-order valence-electron chi connectivity index (χ4n) is 2.35. The molecular formula is C18H22N2O3S. The number of nitrogens with zero attached hydrogens (tertiary/aromatic N) is 1. The van der Waals surface area contributed by atoms with Crippen molar-refractivity contribution in [1.29, 1.82) is 0 Å². The van der Waals surface area contributed by atoms with Crippen LogP contribution in [0.15, 0.2) is 54.6 Å². The second-order valence-corrected chi connectivity index (χ2v) is 7.84. The molecule has 0 saturated heterocycles. The molecule has 1 amide bonds. The molecule has 0 spiro atoms. The van der Waals surface area contributed by atoms with Gasteiger partial charge in [0.25, 0.3) is 0 Å². The number of carbonyl (C=O) groups excluding carboxylic acids is 1. The minimum absolute atomic E-state index is 0.347.